The molecule has 3 aromatic rings. The number of nitrogens with one attached hydrogen (secondary N) is 2. The first-order valence-corrected chi connectivity index (χ1v) is 10.8. The van der Waals surface area contributed by atoms with E-state index in [0.29, 0.717) is 18.1 Å². The predicted octanol–water partition coefficient (Wildman–Crippen LogP) is 4.26. The number of nitro groups is 1. The molecule has 0 saturated heterocycles. The third-order valence-electron chi connectivity index (χ3n) is 5.90. The highest BCUT2D eigenvalue weighted by molar-refractivity contribution is 5.90. The van der Waals surface area contributed by atoms with Crippen LogP contribution in [-0.4, -0.2) is 41.1 Å². The molecule has 0 unspecified atom stereocenters. The molecule has 168 valence electrons. The van der Waals surface area contributed by atoms with Gasteiger partial charge >= 0.3 is 0 Å². The average Bonchev–Trinajstić information content (AvgIpc) is 2.78. The minimum Gasteiger partial charge on any atom is -0.362 e. The molecular weight excluding hydrogens is 411 g/mol. The molecule has 1 saturated carbocycles. The Kier molecular flexibility index (Phi) is 6.45. The minimum atomic E-state index is -0.588. The van der Waals surface area contributed by atoms with Gasteiger partial charge in [-0.2, -0.15) is 4.98 Å². The molecule has 0 aliphatic heterocycles. The number of nitro benzene ring substituents is 1. The number of hydrogen-bond donors (Lipinski definition) is 2. The lowest BCUT2D eigenvalue weighted by molar-refractivity contribution is -0.385. The Morgan fingerprint density at radius 2 is 1.81 bits per heavy atom. The van der Waals surface area contributed by atoms with Gasteiger partial charge in [0, 0.05) is 49.7 Å². The third-order valence-corrected chi connectivity index (χ3v) is 5.90. The number of benzene rings is 2. The van der Waals surface area contributed by atoms with Gasteiger partial charge in [0.1, 0.15) is 11.6 Å². The second kappa shape index (κ2) is 9.44. The number of aromatic nitrogens is 2. The van der Waals surface area contributed by atoms with Crippen molar-refractivity contribution in [1.82, 2.24) is 15.3 Å². The van der Waals surface area contributed by atoms with Crippen LogP contribution in [0.25, 0.3) is 10.9 Å². The van der Waals surface area contributed by atoms with Crippen LogP contribution in [0, 0.1) is 15.9 Å². The van der Waals surface area contributed by atoms with Gasteiger partial charge in [-0.25, -0.2) is 9.37 Å². The summed E-state index contributed by atoms with van der Waals surface area (Å²) in [4.78, 5) is 21.6. The molecule has 4 rings (SSSR count). The van der Waals surface area contributed by atoms with E-state index >= 15 is 0 Å². The summed E-state index contributed by atoms with van der Waals surface area (Å²) in [6.07, 6.45) is 3.79. The fourth-order valence-electron chi connectivity index (χ4n) is 4.14. The van der Waals surface area contributed by atoms with Gasteiger partial charge in [0.15, 0.2) is 0 Å². The normalized spacial score (nSPS) is 18.5. The van der Waals surface area contributed by atoms with E-state index in [2.05, 4.69) is 15.6 Å². The van der Waals surface area contributed by atoms with Gasteiger partial charge in [-0.05, 0) is 43.9 Å². The maximum atomic E-state index is 14.1. The molecule has 0 bridgehead atoms. The Morgan fingerprint density at radius 3 is 2.50 bits per heavy atom. The number of halogens is 1. The smallest absolute Gasteiger partial charge is 0.272 e. The SMILES string of the molecule is CN(C)c1nc(NC2CCC(NCc3ccc([N+](=O)[O-])cc3F)CC2)nc2ccccc12. The number of fused-ring (bicyclic) bond motifs is 1. The topological polar surface area (TPSA) is 96.2 Å². The summed E-state index contributed by atoms with van der Waals surface area (Å²) < 4.78 is 14.1. The molecule has 1 fully saturated rings. The zero-order chi connectivity index (χ0) is 22.7. The Bertz CT molecular complexity index is 1110. The van der Waals surface area contributed by atoms with Crippen LogP contribution >= 0.6 is 0 Å². The second-order valence-electron chi connectivity index (χ2n) is 8.39. The van der Waals surface area contributed by atoms with Gasteiger partial charge in [0.2, 0.25) is 5.95 Å². The second-order valence-corrected chi connectivity index (χ2v) is 8.39. The van der Waals surface area contributed by atoms with E-state index in [9.17, 15) is 14.5 Å². The lowest BCUT2D eigenvalue weighted by atomic mass is 9.91. The Hall–Kier alpha value is -3.33. The highest BCUT2D eigenvalue weighted by atomic mass is 19.1. The minimum absolute atomic E-state index is 0.230. The molecule has 2 aromatic carbocycles. The van der Waals surface area contributed by atoms with E-state index in [4.69, 9.17) is 4.98 Å². The van der Waals surface area contributed by atoms with E-state index in [1.54, 1.807) is 0 Å². The number of nitrogens with zero attached hydrogens (tertiary/aromatic N) is 4. The van der Waals surface area contributed by atoms with Crippen molar-refractivity contribution in [1.29, 1.82) is 0 Å². The lowest BCUT2D eigenvalue weighted by Gasteiger charge is -2.30. The van der Waals surface area contributed by atoms with Crippen molar-refractivity contribution < 1.29 is 9.31 Å². The van der Waals surface area contributed by atoms with Crippen molar-refractivity contribution in [2.24, 2.45) is 0 Å². The zero-order valence-electron chi connectivity index (χ0n) is 18.2. The largest absolute Gasteiger partial charge is 0.362 e. The maximum absolute atomic E-state index is 14.1. The summed E-state index contributed by atoms with van der Waals surface area (Å²) >= 11 is 0. The van der Waals surface area contributed by atoms with E-state index in [1.807, 2.05) is 43.3 Å². The molecular formula is C23H27FN6O2. The first kappa shape index (κ1) is 21.9. The van der Waals surface area contributed by atoms with Crippen LogP contribution in [0.1, 0.15) is 31.2 Å². The quantitative estimate of drug-likeness (QED) is 0.420. The van der Waals surface area contributed by atoms with E-state index in [-0.39, 0.29) is 17.8 Å². The lowest BCUT2D eigenvalue weighted by Crippen LogP contribution is -2.37. The molecule has 0 radical (unpaired) electrons. The number of non-ortho nitro benzene ring substituents is 1. The van der Waals surface area contributed by atoms with Gasteiger partial charge in [0.05, 0.1) is 16.5 Å². The van der Waals surface area contributed by atoms with Gasteiger partial charge in [-0.1, -0.05) is 12.1 Å². The summed E-state index contributed by atoms with van der Waals surface area (Å²) in [7, 11) is 3.95. The predicted molar refractivity (Wildman–Crippen MR) is 123 cm³/mol. The summed E-state index contributed by atoms with van der Waals surface area (Å²) in [6, 6.07) is 12.3. The van der Waals surface area contributed by atoms with Crippen molar-refractivity contribution in [2.45, 2.75) is 44.3 Å². The molecule has 0 amide bonds. The third kappa shape index (κ3) is 4.94. The fraction of sp³-hybridized carbons (Fsp3) is 0.391. The van der Waals surface area contributed by atoms with Crippen LogP contribution in [0.3, 0.4) is 0 Å². The Balaban J connectivity index is 1.33. The summed E-state index contributed by atoms with van der Waals surface area (Å²) in [6.45, 7) is 0.354. The first-order chi connectivity index (χ1) is 15.4. The zero-order valence-corrected chi connectivity index (χ0v) is 18.2. The molecule has 0 spiro atoms. The summed E-state index contributed by atoms with van der Waals surface area (Å²) in [5, 5.41) is 18.6. The Morgan fingerprint density at radius 1 is 1.09 bits per heavy atom. The molecule has 1 heterocycles. The summed E-state index contributed by atoms with van der Waals surface area (Å²) in [5.41, 5.74) is 1.12. The number of rotatable bonds is 7. The molecule has 8 nitrogen and oxygen atoms in total. The van der Waals surface area contributed by atoms with Crippen LogP contribution in [0.15, 0.2) is 42.5 Å². The standard InChI is InChI=1S/C23H27FN6O2/c1-29(2)22-19-5-3-4-6-21(19)27-23(28-22)26-17-10-8-16(9-11-17)25-14-15-7-12-18(30(31)32)13-20(15)24/h3-7,12-13,16-17,25H,8-11,14H2,1-2H3,(H,26,27,28). The molecule has 32 heavy (non-hydrogen) atoms. The average molecular weight is 439 g/mol. The van der Waals surface area contributed by atoms with Crippen LogP contribution in [0.4, 0.5) is 21.8 Å². The van der Waals surface area contributed by atoms with Crippen molar-refractivity contribution in [3.8, 4) is 0 Å². The fourth-order valence-corrected chi connectivity index (χ4v) is 4.14. The monoisotopic (exact) mass is 438 g/mol. The van der Waals surface area contributed by atoms with Gasteiger partial charge in [0.25, 0.3) is 5.69 Å². The molecule has 1 aliphatic carbocycles. The molecule has 2 N–H and O–H groups in total. The number of hydrogen-bond acceptors (Lipinski definition) is 7. The molecule has 1 aliphatic rings. The van der Waals surface area contributed by atoms with Crippen LogP contribution in [0.2, 0.25) is 0 Å². The Labute approximate surface area is 186 Å². The van der Waals surface area contributed by atoms with E-state index < -0.39 is 10.7 Å². The highest BCUT2D eigenvalue weighted by Crippen LogP contribution is 2.26. The summed E-state index contributed by atoms with van der Waals surface area (Å²) in [5.74, 6) is 0.975. The molecule has 0 atom stereocenters. The first-order valence-electron chi connectivity index (χ1n) is 10.8. The van der Waals surface area contributed by atoms with Crippen LogP contribution in [-0.2, 0) is 6.54 Å². The van der Waals surface area contributed by atoms with Gasteiger partial charge in [-0.3, -0.25) is 10.1 Å². The molecule has 9 heteroatoms. The van der Waals surface area contributed by atoms with Crippen molar-refractivity contribution in [3.05, 3.63) is 64.0 Å². The number of para-hydroxylation sites is 1. The molecule has 1 aromatic heterocycles. The van der Waals surface area contributed by atoms with Gasteiger partial charge < -0.3 is 15.5 Å². The van der Waals surface area contributed by atoms with Crippen molar-refractivity contribution in [3.63, 3.8) is 0 Å². The highest BCUT2D eigenvalue weighted by Gasteiger charge is 2.22. The van der Waals surface area contributed by atoms with Crippen LogP contribution in [0.5, 0.6) is 0 Å². The maximum Gasteiger partial charge on any atom is 0.272 e. The van der Waals surface area contributed by atoms with Crippen molar-refractivity contribution >= 4 is 28.4 Å². The van der Waals surface area contributed by atoms with E-state index in [0.717, 1.165) is 48.5 Å². The van der Waals surface area contributed by atoms with E-state index in [1.165, 1.54) is 12.1 Å². The number of anilines is 2. The van der Waals surface area contributed by atoms with Crippen molar-refractivity contribution in [2.75, 3.05) is 24.3 Å². The van der Waals surface area contributed by atoms with Gasteiger partial charge in [-0.15, -0.1) is 0 Å². The van der Waals surface area contributed by atoms with Crippen LogP contribution < -0.4 is 15.5 Å².